The van der Waals surface area contributed by atoms with E-state index in [9.17, 15) is 4.79 Å². The molecule has 0 aromatic carbocycles. The van der Waals surface area contributed by atoms with Crippen molar-refractivity contribution in [2.75, 3.05) is 7.05 Å². The Balaban J connectivity index is 2.39. The number of hydrogen-bond acceptors (Lipinski definition) is 1. The highest BCUT2D eigenvalue weighted by Gasteiger charge is 2.24. The fraction of sp³-hybridized carbons (Fsp3) is 0.917. The lowest BCUT2D eigenvalue weighted by Gasteiger charge is -2.34. The van der Waals surface area contributed by atoms with Gasteiger partial charge >= 0.3 is 6.03 Å². The van der Waals surface area contributed by atoms with Gasteiger partial charge in [0.2, 0.25) is 0 Å². The molecule has 0 aromatic heterocycles. The maximum absolute atomic E-state index is 11.7. The number of carbonyl (C=O) groups is 1. The minimum absolute atomic E-state index is 0.0737. The van der Waals surface area contributed by atoms with E-state index in [4.69, 9.17) is 0 Å². The van der Waals surface area contributed by atoms with Crippen molar-refractivity contribution in [3.63, 3.8) is 0 Å². The van der Waals surface area contributed by atoms with Crippen molar-refractivity contribution in [1.29, 1.82) is 0 Å². The van der Waals surface area contributed by atoms with E-state index < -0.39 is 0 Å². The summed E-state index contributed by atoms with van der Waals surface area (Å²) >= 11 is 0. The van der Waals surface area contributed by atoms with Crippen LogP contribution in [0.1, 0.15) is 46.5 Å². The Kier molecular flexibility index (Phi) is 4.43. The number of rotatable bonds is 2. The summed E-state index contributed by atoms with van der Waals surface area (Å²) in [7, 11) is 1.92. The topological polar surface area (TPSA) is 32.3 Å². The van der Waals surface area contributed by atoms with Crippen LogP contribution in [0.5, 0.6) is 0 Å². The Morgan fingerprint density at radius 3 is 2.27 bits per heavy atom. The lowest BCUT2D eigenvalue weighted by atomic mass is 9.87. The number of urea groups is 1. The summed E-state index contributed by atoms with van der Waals surface area (Å²) in [6.07, 6.45) is 4.82. The van der Waals surface area contributed by atoms with Gasteiger partial charge in [0.25, 0.3) is 0 Å². The summed E-state index contributed by atoms with van der Waals surface area (Å²) in [5.74, 6) is 0.836. The van der Waals surface area contributed by atoms with Crippen LogP contribution >= 0.6 is 0 Å². The average Bonchev–Trinajstić information content (AvgIpc) is 2.17. The van der Waals surface area contributed by atoms with Gasteiger partial charge in [0, 0.05) is 19.1 Å². The Bertz CT molecular complexity index is 208. The van der Waals surface area contributed by atoms with Gasteiger partial charge in [-0.2, -0.15) is 0 Å². The van der Waals surface area contributed by atoms with Crippen molar-refractivity contribution < 1.29 is 4.79 Å². The molecule has 1 fully saturated rings. The van der Waals surface area contributed by atoms with Crippen molar-refractivity contribution in [2.45, 2.75) is 58.5 Å². The molecular weight excluding hydrogens is 188 g/mol. The molecule has 0 aromatic rings. The van der Waals surface area contributed by atoms with E-state index in [0.717, 1.165) is 18.8 Å². The molecule has 1 saturated carbocycles. The van der Waals surface area contributed by atoms with Crippen molar-refractivity contribution in [1.82, 2.24) is 10.2 Å². The minimum atomic E-state index is 0.0737. The van der Waals surface area contributed by atoms with Crippen LogP contribution in [0.25, 0.3) is 0 Å². The standard InChI is InChI=1S/C12H24N2O/c1-9(2)13-12(15)14(4)11-7-5-10(3)6-8-11/h9-11H,5-8H2,1-4H3,(H,13,15). The first kappa shape index (κ1) is 12.3. The summed E-state index contributed by atoms with van der Waals surface area (Å²) in [5.41, 5.74) is 0. The lowest BCUT2D eigenvalue weighted by molar-refractivity contribution is 0.162. The molecule has 0 aliphatic heterocycles. The Morgan fingerprint density at radius 2 is 1.80 bits per heavy atom. The number of carbonyl (C=O) groups excluding carboxylic acids is 1. The molecule has 1 N–H and O–H groups in total. The van der Waals surface area contributed by atoms with E-state index in [-0.39, 0.29) is 12.1 Å². The van der Waals surface area contributed by atoms with Crippen molar-refractivity contribution in [2.24, 2.45) is 5.92 Å². The van der Waals surface area contributed by atoms with Gasteiger partial charge in [0.1, 0.15) is 0 Å². The predicted octanol–water partition coefficient (Wildman–Crippen LogP) is 2.61. The van der Waals surface area contributed by atoms with Gasteiger partial charge in [0.05, 0.1) is 0 Å². The van der Waals surface area contributed by atoms with E-state index >= 15 is 0 Å². The maximum atomic E-state index is 11.7. The van der Waals surface area contributed by atoms with Crippen LogP contribution in [0, 0.1) is 5.92 Å². The second-order valence-corrected chi connectivity index (χ2v) is 5.13. The summed E-state index contributed by atoms with van der Waals surface area (Å²) in [6, 6.07) is 0.743. The van der Waals surface area contributed by atoms with Gasteiger partial charge in [-0.3, -0.25) is 0 Å². The van der Waals surface area contributed by atoms with Gasteiger partial charge < -0.3 is 10.2 Å². The van der Waals surface area contributed by atoms with Crippen LogP contribution in [0.2, 0.25) is 0 Å². The molecular formula is C12H24N2O. The molecule has 3 heteroatoms. The average molecular weight is 212 g/mol. The third kappa shape index (κ3) is 3.73. The van der Waals surface area contributed by atoms with E-state index in [1.54, 1.807) is 0 Å². The normalized spacial score (nSPS) is 26.5. The second kappa shape index (κ2) is 5.38. The number of nitrogens with one attached hydrogen (secondary N) is 1. The molecule has 15 heavy (non-hydrogen) atoms. The van der Waals surface area contributed by atoms with E-state index in [1.807, 2.05) is 25.8 Å². The quantitative estimate of drug-likeness (QED) is 0.749. The lowest BCUT2D eigenvalue weighted by Crippen LogP contribution is -2.46. The van der Waals surface area contributed by atoms with Gasteiger partial charge in [-0.25, -0.2) is 4.79 Å². The molecule has 0 spiro atoms. The predicted molar refractivity (Wildman–Crippen MR) is 62.9 cm³/mol. The Labute approximate surface area is 93.2 Å². The van der Waals surface area contributed by atoms with E-state index in [2.05, 4.69) is 12.2 Å². The first-order valence-corrected chi connectivity index (χ1v) is 6.04. The molecule has 1 aliphatic rings. The van der Waals surface area contributed by atoms with Gasteiger partial charge in [-0.1, -0.05) is 6.92 Å². The number of amides is 2. The van der Waals surface area contributed by atoms with Crippen LogP contribution in [0.15, 0.2) is 0 Å². The number of hydrogen-bond donors (Lipinski definition) is 1. The van der Waals surface area contributed by atoms with Crippen LogP contribution in [0.3, 0.4) is 0 Å². The van der Waals surface area contributed by atoms with Crippen molar-refractivity contribution in [3.05, 3.63) is 0 Å². The fourth-order valence-electron chi connectivity index (χ4n) is 2.14. The van der Waals surface area contributed by atoms with Crippen molar-refractivity contribution >= 4 is 6.03 Å². The summed E-state index contributed by atoms with van der Waals surface area (Å²) in [4.78, 5) is 13.6. The van der Waals surface area contributed by atoms with E-state index in [1.165, 1.54) is 12.8 Å². The highest BCUT2D eigenvalue weighted by Crippen LogP contribution is 2.26. The second-order valence-electron chi connectivity index (χ2n) is 5.13. The Hall–Kier alpha value is -0.730. The number of nitrogens with zero attached hydrogens (tertiary/aromatic N) is 1. The fourth-order valence-corrected chi connectivity index (χ4v) is 2.14. The molecule has 0 bridgehead atoms. The highest BCUT2D eigenvalue weighted by molar-refractivity contribution is 5.74. The Morgan fingerprint density at radius 1 is 1.27 bits per heavy atom. The third-order valence-corrected chi connectivity index (χ3v) is 3.27. The SMILES string of the molecule is CC1CCC(N(C)C(=O)NC(C)C)CC1. The van der Waals surface area contributed by atoms with Gasteiger partial charge in [0.15, 0.2) is 0 Å². The van der Waals surface area contributed by atoms with Gasteiger partial charge in [-0.15, -0.1) is 0 Å². The smallest absolute Gasteiger partial charge is 0.317 e. The molecule has 88 valence electrons. The van der Waals surface area contributed by atoms with Crippen LogP contribution in [0.4, 0.5) is 4.79 Å². The summed E-state index contributed by atoms with van der Waals surface area (Å²) in [6.45, 7) is 6.29. The minimum Gasteiger partial charge on any atom is -0.336 e. The molecule has 2 amide bonds. The molecule has 3 nitrogen and oxygen atoms in total. The summed E-state index contributed by atoms with van der Waals surface area (Å²) in [5, 5.41) is 2.94. The molecule has 1 aliphatic carbocycles. The zero-order chi connectivity index (χ0) is 11.4. The molecule has 1 rings (SSSR count). The van der Waals surface area contributed by atoms with Crippen LogP contribution < -0.4 is 5.32 Å². The maximum Gasteiger partial charge on any atom is 0.317 e. The molecule has 0 radical (unpaired) electrons. The van der Waals surface area contributed by atoms with Crippen LogP contribution in [-0.4, -0.2) is 30.1 Å². The largest absolute Gasteiger partial charge is 0.336 e. The van der Waals surface area contributed by atoms with Crippen molar-refractivity contribution in [3.8, 4) is 0 Å². The molecule has 0 unspecified atom stereocenters. The molecule has 0 atom stereocenters. The van der Waals surface area contributed by atoms with Gasteiger partial charge in [-0.05, 0) is 45.4 Å². The van der Waals surface area contributed by atoms with E-state index in [0.29, 0.717) is 6.04 Å². The zero-order valence-corrected chi connectivity index (χ0v) is 10.4. The molecule has 0 heterocycles. The molecule has 0 saturated heterocycles. The first-order valence-electron chi connectivity index (χ1n) is 6.04. The summed E-state index contributed by atoms with van der Waals surface area (Å²) < 4.78 is 0. The zero-order valence-electron chi connectivity index (χ0n) is 10.4. The first-order chi connectivity index (χ1) is 7.00. The monoisotopic (exact) mass is 212 g/mol. The highest BCUT2D eigenvalue weighted by atomic mass is 16.2. The van der Waals surface area contributed by atoms with Crippen LogP contribution in [-0.2, 0) is 0 Å². The third-order valence-electron chi connectivity index (χ3n) is 3.27.